The molecular formula is C12H16N2O2. The first-order valence-electron chi connectivity index (χ1n) is 5.54. The number of carboxylic acid groups (broad SMARTS) is 1. The first-order chi connectivity index (χ1) is 7.64. The largest absolute Gasteiger partial charge is 0.478 e. The molecule has 0 fully saturated rings. The predicted molar refractivity (Wildman–Crippen MR) is 61.2 cm³/mol. The van der Waals surface area contributed by atoms with E-state index in [1.807, 2.05) is 38.3 Å². The predicted octanol–water partition coefficient (Wildman–Crippen LogP) is 1.79. The van der Waals surface area contributed by atoms with E-state index in [0.717, 1.165) is 18.5 Å². The van der Waals surface area contributed by atoms with Gasteiger partial charge in [-0.25, -0.2) is 10.2 Å². The van der Waals surface area contributed by atoms with Crippen LogP contribution in [-0.2, 0) is 4.79 Å². The monoisotopic (exact) mass is 220 g/mol. The van der Waals surface area contributed by atoms with Gasteiger partial charge in [-0.05, 0) is 25.0 Å². The number of hydrogen-bond donors (Lipinski definition) is 2. The van der Waals surface area contributed by atoms with Crippen LogP contribution in [-0.4, -0.2) is 21.6 Å². The van der Waals surface area contributed by atoms with E-state index in [1.165, 1.54) is 0 Å². The van der Waals surface area contributed by atoms with Crippen molar-refractivity contribution in [3.8, 4) is 0 Å². The molecule has 0 aromatic heterocycles. The Morgan fingerprint density at radius 1 is 1.44 bits per heavy atom. The molecule has 2 heterocycles. The number of nitrogens with zero attached hydrogens (tertiary/aromatic N) is 1. The normalized spacial score (nSPS) is 21.5. The lowest BCUT2D eigenvalue weighted by atomic mass is 9.85. The van der Waals surface area contributed by atoms with E-state index in [1.54, 1.807) is 5.01 Å². The summed E-state index contributed by atoms with van der Waals surface area (Å²) in [7, 11) is 0. The number of fused-ring (bicyclic) bond motifs is 1. The summed E-state index contributed by atoms with van der Waals surface area (Å²) in [5, 5.41) is 11.2. The number of nitrogens with one attached hydrogen (secondary N) is 1. The molecule has 0 amide bonds. The third-order valence-corrected chi connectivity index (χ3v) is 3.35. The highest BCUT2D eigenvalue weighted by Gasteiger charge is 2.44. The molecule has 0 aliphatic carbocycles. The molecular weight excluding hydrogens is 204 g/mol. The fraction of sp³-hybridized carbons (Fsp3) is 0.417. The smallest absolute Gasteiger partial charge is 0.335 e. The maximum atomic E-state index is 11.4. The van der Waals surface area contributed by atoms with Crippen LogP contribution in [0.15, 0.2) is 35.7 Å². The van der Waals surface area contributed by atoms with Gasteiger partial charge in [0.2, 0.25) is 0 Å². The summed E-state index contributed by atoms with van der Waals surface area (Å²) in [4.78, 5) is 11.4. The molecule has 0 aromatic carbocycles. The van der Waals surface area contributed by atoms with Crippen molar-refractivity contribution in [1.82, 2.24) is 10.4 Å². The van der Waals surface area contributed by atoms with Crippen LogP contribution < -0.4 is 5.43 Å². The van der Waals surface area contributed by atoms with Crippen LogP contribution in [0.5, 0.6) is 0 Å². The van der Waals surface area contributed by atoms with Gasteiger partial charge in [-0.2, -0.15) is 0 Å². The van der Waals surface area contributed by atoms with E-state index in [4.69, 9.17) is 0 Å². The lowest BCUT2D eigenvalue weighted by molar-refractivity contribution is -0.133. The number of carbonyl (C=O) groups is 1. The number of hydrazine groups is 1. The fourth-order valence-corrected chi connectivity index (χ4v) is 2.35. The summed E-state index contributed by atoms with van der Waals surface area (Å²) < 4.78 is 0. The first kappa shape index (κ1) is 11.0. The summed E-state index contributed by atoms with van der Waals surface area (Å²) >= 11 is 0. The van der Waals surface area contributed by atoms with Crippen molar-refractivity contribution in [2.24, 2.45) is 0 Å². The van der Waals surface area contributed by atoms with Gasteiger partial charge >= 0.3 is 5.97 Å². The average Bonchev–Trinajstić information content (AvgIpc) is 2.63. The van der Waals surface area contributed by atoms with E-state index in [2.05, 4.69) is 5.43 Å². The summed E-state index contributed by atoms with van der Waals surface area (Å²) in [6.07, 6.45) is 8.95. The Morgan fingerprint density at radius 3 is 2.69 bits per heavy atom. The zero-order valence-corrected chi connectivity index (χ0v) is 9.53. The number of rotatable bonds is 3. The number of carboxylic acids is 1. The molecule has 0 radical (unpaired) electrons. The maximum absolute atomic E-state index is 11.4. The third kappa shape index (κ3) is 1.38. The van der Waals surface area contributed by atoms with Gasteiger partial charge in [-0.3, -0.25) is 5.01 Å². The van der Waals surface area contributed by atoms with Crippen molar-refractivity contribution in [2.75, 3.05) is 0 Å². The van der Waals surface area contributed by atoms with Crippen LogP contribution in [0.4, 0.5) is 0 Å². The zero-order valence-electron chi connectivity index (χ0n) is 9.53. The van der Waals surface area contributed by atoms with Crippen molar-refractivity contribution in [1.29, 1.82) is 0 Å². The molecule has 2 N–H and O–H groups in total. The molecule has 0 atom stereocenters. The second-order valence-corrected chi connectivity index (χ2v) is 4.04. The molecule has 0 bridgehead atoms. The number of hydrogen-bond acceptors (Lipinski definition) is 3. The quantitative estimate of drug-likeness (QED) is 0.761. The Balaban J connectivity index is 2.54. The molecule has 0 unspecified atom stereocenters. The van der Waals surface area contributed by atoms with Gasteiger partial charge in [0, 0.05) is 6.20 Å². The summed E-state index contributed by atoms with van der Waals surface area (Å²) in [6, 6.07) is 0. The van der Waals surface area contributed by atoms with E-state index in [9.17, 15) is 9.90 Å². The summed E-state index contributed by atoms with van der Waals surface area (Å²) in [5.74, 6) is -0.839. The van der Waals surface area contributed by atoms with Crippen molar-refractivity contribution in [2.45, 2.75) is 32.2 Å². The zero-order chi connectivity index (χ0) is 11.8. The van der Waals surface area contributed by atoms with Gasteiger partial charge in [0.15, 0.2) is 0 Å². The fourth-order valence-electron chi connectivity index (χ4n) is 2.35. The van der Waals surface area contributed by atoms with Gasteiger partial charge in [0.25, 0.3) is 0 Å². The van der Waals surface area contributed by atoms with Crippen LogP contribution in [0, 0.1) is 0 Å². The molecule has 2 aliphatic heterocycles. The minimum atomic E-state index is -0.839. The molecule has 0 saturated carbocycles. The average molecular weight is 220 g/mol. The Kier molecular flexibility index (Phi) is 2.59. The molecule has 2 aliphatic rings. The highest BCUT2D eigenvalue weighted by Crippen LogP contribution is 2.36. The lowest BCUT2D eigenvalue weighted by Gasteiger charge is -2.29. The molecule has 0 aromatic rings. The molecule has 86 valence electrons. The van der Waals surface area contributed by atoms with E-state index in [-0.39, 0.29) is 0 Å². The van der Waals surface area contributed by atoms with E-state index >= 15 is 0 Å². The molecule has 4 nitrogen and oxygen atoms in total. The lowest BCUT2D eigenvalue weighted by Crippen LogP contribution is -2.47. The van der Waals surface area contributed by atoms with Crippen LogP contribution in [0.3, 0.4) is 0 Å². The van der Waals surface area contributed by atoms with Crippen LogP contribution in [0.1, 0.15) is 26.7 Å². The van der Waals surface area contributed by atoms with E-state index in [0.29, 0.717) is 5.57 Å². The molecule has 4 heteroatoms. The van der Waals surface area contributed by atoms with Gasteiger partial charge < -0.3 is 5.11 Å². The van der Waals surface area contributed by atoms with Crippen molar-refractivity contribution >= 4 is 5.97 Å². The van der Waals surface area contributed by atoms with Crippen molar-refractivity contribution < 1.29 is 9.90 Å². The molecule has 16 heavy (non-hydrogen) atoms. The number of aliphatic carboxylic acids is 1. The minimum absolute atomic E-state index is 0.444. The molecule has 2 rings (SSSR count). The third-order valence-electron chi connectivity index (χ3n) is 3.35. The Bertz CT molecular complexity index is 403. The first-order valence-corrected chi connectivity index (χ1v) is 5.54. The van der Waals surface area contributed by atoms with Gasteiger partial charge in [-0.1, -0.05) is 19.9 Å². The minimum Gasteiger partial charge on any atom is -0.478 e. The van der Waals surface area contributed by atoms with Crippen molar-refractivity contribution in [3.05, 3.63) is 35.7 Å². The molecule has 0 spiro atoms. The summed E-state index contributed by atoms with van der Waals surface area (Å²) in [6.45, 7) is 4.01. The molecule has 0 saturated heterocycles. The highest BCUT2D eigenvalue weighted by molar-refractivity contribution is 5.91. The number of allylic oxidation sites excluding steroid dienone is 3. The van der Waals surface area contributed by atoms with Gasteiger partial charge in [0.1, 0.15) is 0 Å². The van der Waals surface area contributed by atoms with Crippen LogP contribution >= 0.6 is 0 Å². The summed E-state index contributed by atoms with van der Waals surface area (Å²) in [5.41, 5.74) is 4.05. The second kappa shape index (κ2) is 3.79. The van der Waals surface area contributed by atoms with Gasteiger partial charge in [-0.15, -0.1) is 0 Å². The Hall–Kier alpha value is -1.55. The van der Waals surface area contributed by atoms with Crippen LogP contribution in [0.2, 0.25) is 0 Å². The van der Waals surface area contributed by atoms with Gasteiger partial charge in [0.05, 0.1) is 16.8 Å². The topological polar surface area (TPSA) is 52.6 Å². The second-order valence-electron chi connectivity index (χ2n) is 4.04. The standard InChI is InChI=1S/C12H16N2O2/c1-3-12(4-2)10(11(15)16)9-7-5-6-8-14(9)13-12/h5-8,13H,3-4H2,1-2H3,(H,15,16). The van der Waals surface area contributed by atoms with E-state index < -0.39 is 11.5 Å². The SMILES string of the molecule is CCC1(CC)NN2C=CC=CC2=C1C(=O)O. The van der Waals surface area contributed by atoms with Crippen molar-refractivity contribution in [3.63, 3.8) is 0 Å². The Morgan fingerprint density at radius 2 is 2.12 bits per heavy atom. The van der Waals surface area contributed by atoms with Crippen LogP contribution in [0.25, 0.3) is 0 Å². The maximum Gasteiger partial charge on any atom is 0.335 e. The Labute approximate surface area is 94.9 Å². The highest BCUT2D eigenvalue weighted by atomic mass is 16.4.